The van der Waals surface area contributed by atoms with Crippen molar-refractivity contribution in [3.63, 3.8) is 0 Å². The summed E-state index contributed by atoms with van der Waals surface area (Å²) in [7, 11) is 1.65. The smallest absolute Gasteiger partial charge is 0.311 e. The SMILES string of the molecule is CCOC(=O)C(C)C(OC)C1CCCN1.Cl. The topological polar surface area (TPSA) is 47.6 Å². The highest BCUT2D eigenvalue weighted by Gasteiger charge is 2.33. The highest BCUT2D eigenvalue weighted by Crippen LogP contribution is 2.19. The molecule has 1 N–H and O–H groups in total. The molecule has 3 unspecified atom stereocenters. The van der Waals surface area contributed by atoms with Gasteiger partial charge in [-0.1, -0.05) is 0 Å². The molecule has 0 aromatic rings. The first kappa shape index (κ1) is 15.7. The van der Waals surface area contributed by atoms with Crippen LogP contribution in [0.3, 0.4) is 0 Å². The van der Waals surface area contributed by atoms with E-state index in [1.165, 1.54) is 0 Å². The lowest BCUT2D eigenvalue weighted by atomic mass is 9.96. The Morgan fingerprint density at radius 1 is 1.56 bits per heavy atom. The van der Waals surface area contributed by atoms with E-state index in [0.29, 0.717) is 6.61 Å². The van der Waals surface area contributed by atoms with Gasteiger partial charge in [-0.3, -0.25) is 4.79 Å². The lowest BCUT2D eigenvalue weighted by molar-refractivity contribution is -0.152. The molecule has 1 aliphatic rings. The molecule has 96 valence electrons. The van der Waals surface area contributed by atoms with Crippen LogP contribution in [-0.2, 0) is 14.3 Å². The van der Waals surface area contributed by atoms with E-state index in [2.05, 4.69) is 5.32 Å². The number of ether oxygens (including phenoxy) is 2. The third-order valence-corrected chi connectivity index (χ3v) is 2.92. The molecular weight excluding hydrogens is 230 g/mol. The van der Waals surface area contributed by atoms with Crippen LogP contribution in [0.15, 0.2) is 0 Å². The Morgan fingerprint density at radius 2 is 2.25 bits per heavy atom. The minimum Gasteiger partial charge on any atom is -0.466 e. The molecule has 1 rings (SSSR count). The zero-order valence-electron chi connectivity index (χ0n) is 10.2. The minimum atomic E-state index is -0.203. The average Bonchev–Trinajstić information content (AvgIpc) is 2.72. The van der Waals surface area contributed by atoms with Gasteiger partial charge in [0.2, 0.25) is 0 Å². The summed E-state index contributed by atoms with van der Waals surface area (Å²) in [5.41, 5.74) is 0. The van der Waals surface area contributed by atoms with Gasteiger partial charge in [-0.25, -0.2) is 0 Å². The van der Waals surface area contributed by atoms with Gasteiger partial charge in [-0.05, 0) is 33.2 Å². The maximum Gasteiger partial charge on any atom is 0.311 e. The van der Waals surface area contributed by atoms with Crippen molar-refractivity contribution in [3.05, 3.63) is 0 Å². The molecule has 0 aliphatic carbocycles. The molecule has 0 amide bonds. The Labute approximate surface area is 103 Å². The van der Waals surface area contributed by atoms with Gasteiger partial charge in [-0.15, -0.1) is 12.4 Å². The molecule has 1 heterocycles. The second-order valence-electron chi connectivity index (χ2n) is 3.94. The number of carbonyl (C=O) groups excluding carboxylic acids is 1. The normalized spacial score (nSPS) is 23.3. The molecule has 0 aromatic carbocycles. The zero-order chi connectivity index (χ0) is 11.3. The second-order valence-corrected chi connectivity index (χ2v) is 3.94. The fourth-order valence-electron chi connectivity index (χ4n) is 2.12. The number of hydrogen-bond donors (Lipinski definition) is 1. The van der Waals surface area contributed by atoms with Crippen LogP contribution in [0.25, 0.3) is 0 Å². The fraction of sp³-hybridized carbons (Fsp3) is 0.909. The predicted octanol–water partition coefficient (Wildman–Crippen LogP) is 1.37. The number of rotatable bonds is 5. The van der Waals surface area contributed by atoms with E-state index in [-0.39, 0.29) is 36.4 Å². The van der Waals surface area contributed by atoms with Gasteiger partial charge in [0, 0.05) is 13.2 Å². The first-order chi connectivity index (χ1) is 7.20. The van der Waals surface area contributed by atoms with Crippen LogP contribution in [0, 0.1) is 5.92 Å². The van der Waals surface area contributed by atoms with Crippen LogP contribution in [0.4, 0.5) is 0 Å². The van der Waals surface area contributed by atoms with Gasteiger partial charge in [0.15, 0.2) is 0 Å². The number of esters is 1. The highest BCUT2D eigenvalue weighted by molar-refractivity contribution is 5.85. The van der Waals surface area contributed by atoms with Crippen molar-refractivity contribution in [1.82, 2.24) is 5.32 Å². The van der Waals surface area contributed by atoms with E-state index in [1.54, 1.807) is 7.11 Å². The minimum absolute atomic E-state index is 0. The summed E-state index contributed by atoms with van der Waals surface area (Å²) >= 11 is 0. The summed E-state index contributed by atoms with van der Waals surface area (Å²) in [6, 6.07) is 0.286. The van der Waals surface area contributed by atoms with E-state index >= 15 is 0 Å². The third-order valence-electron chi connectivity index (χ3n) is 2.92. The van der Waals surface area contributed by atoms with Crippen molar-refractivity contribution in [2.24, 2.45) is 5.92 Å². The molecule has 1 fully saturated rings. The molecule has 4 nitrogen and oxygen atoms in total. The summed E-state index contributed by atoms with van der Waals surface area (Å²) in [5, 5.41) is 3.35. The largest absolute Gasteiger partial charge is 0.466 e. The molecular formula is C11H22ClNO3. The van der Waals surface area contributed by atoms with Crippen molar-refractivity contribution < 1.29 is 14.3 Å². The number of nitrogens with one attached hydrogen (secondary N) is 1. The Kier molecular flexibility index (Phi) is 7.72. The monoisotopic (exact) mass is 251 g/mol. The molecule has 16 heavy (non-hydrogen) atoms. The van der Waals surface area contributed by atoms with Crippen molar-refractivity contribution >= 4 is 18.4 Å². The molecule has 3 atom stereocenters. The quantitative estimate of drug-likeness (QED) is 0.750. The lowest BCUT2D eigenvalue weighted by Gasteiger charge is -2.26. The van der Waals surface area contributed by atoms with Gasteiger partial charge in [0.1, 0.15) is 0 Å². The molecule has 0 saturated carbocycles. The summed E-state index contributed by atoms with van der Waals surface area (Å²) in [6.45, 7) is 5.13. The van der Waals surface area contributed by atoms with E-state index in [0.717, 1.165) is 19.4 Å². The number of methoxy groups -OCH3 is 1. The third kappa shape index (κ3) is 3.92. The second kappa shape index (κ2) is 7.87. The summed E-state index contributed by atoms with van der Waals surface area (Å²) in [6.07, 6.45) is 2.15. The standard InChI is InChI=1S/C11H21NO3.ClH/c1-4-15-11(13)8(2)10(14-3)9-6-5-7-12-9;/h8-10,12H,4-7H2,1-3H3;1H. The summed E-state index contributed by atoms with van der Waals surface area (Å²) < 4.78 is 10.4. The number of carbonyl (C=O) groups is 1. The van der Waals surface area contributed by atoms with Crippen LogP contribution in [0.1, 0.15) is 26.7 Å². The Morgan fingerprint density at radius 3 is 2.69 bits per heavy atom. The van der Waals surface area contributed by atoms with E-state index in [9.17, 15) is 4.79 Å². The van der Waals surface area contributed by atoms with Crippen LogP contribution in [0.2, 0.25) is 0 Å². The van der Waals surface area contributed by atoms with Gasteiger partial charge >= 0.3 is 5.97 Å². The molecule has 0 spiro atoms. The average molecular weight is 252 g/mol. The van der Waals surface area contributed by atoms with E-state index in [1.807, 2.05) is 13.8 Å². The molecule has 0 aromatic heterocycles. The number of halogens is 1. The molecule has 1 saturated heterocycles. The van der Waals surface area contributed by atoms with Crippen LogP contribution < -0.4 is 5.32 Å². The summed E-state index contributed by atoms with van der Waals surface area (Å²) in [5.74, 6) is -0.372. The van der Waals surface area contributed by atoms with Crippen LogP contribution >= 0.6 is 12.4 Å². The van der Waals surface area contributed by atoms with Crippen molar-refractivity contribution in [2.45, 2.75) is 38.8 Å². The Bertz CT molecular complexity index is 207. The van der Waals surface area contributed by atoms with Crippen LogP contribution in [0.5, 0.6) is 0 Å². The Hall–Kier alpha value is -0.320. The maximum atomic E-state index is 11.6. The molecule has 0 bridgehead atoms. The molecule has 0 radical (unpaired) electrons. The Balaban J connectivity index is 0.00000225. The highest BCUT2D eigenvalue weighted by atomic mass is 35.5. The van der Waals surface area contributed by atoms with Gasteiger partial charge in [0.25, 0.3) is 0 Å². The first-order valence-electron chi connectivity index (χ1n) is 5.63. The van der Waals surface area contributed by atoms with Gasteiger partial charge < -0.3 is 14.8 Å². The van der Waals surface area contributed by atoms with Crippen molar-refractivity contribution in [3.8, 4) is 0 Å². The fourth-order valence-corrected chi connectivity index (χ4v) is 2.12. The van der Waals surface area contributed by atoms with E-state index < -0.39 is 0 Å². The maximum absolute atomic E-state index is 11.6. The van der Waals surface area contributed by atoms with Crippen LogP contribution in [-0.4, -0.2) is 38.4 Å². The van der Waals surface area contributed by atoms with E-state index in [4.69, 9.17) is 9.47 Å². The lowest BCUT2D eigenvalue weighted by Crippen LogP contribution is -2.43. The molecule has 1 aliphatic heterocycles. The molecule has 5 heteroatoms. The van der Waals surface area contributed by atoms with Gasteiger partial charge in [-0.2, -0.15) is 0 Å². The summed E-state index contributed by atoms with van der Waals surface area (Å²) in [4.78, 5) is 11.6. The van der Waals surface area contributed by atoms with Crippen molar-refractivity contribution in [2.75, 3.05) is 20.3 Å². The van der Waals surface area contributed by atoms with Gasteiger partial charge in [0.05, 0.1) is 18.6 Å². The zero-order valence-corrected chi connectivity index (χ0v) is 11.0. The number of hydrogen-bond acceptors (Lipinski definition) is 4. The predicted molar refractivity (Wildman–Crippen MR) is 64.9 cm³/mol. The first-order valence-corrected chi connectivity index (χ1v) is 5.63. The van der Waals surface area contributed by atoms with Crippen molar-refractivity contribution in [1.29, 1.82) is 0 Å².